The SMILES string of the molecule is CCOc1ccc(NC(=O)c2c(C)nc(=O)n3c2NCC3)cc1. The molecule has 0 radical (unpaired) electrons. The fourth-order valence-electron chi connectivity index (χ4n) is 2.61. The minimum atomic E-state index is -0.333. The van der Waals surface area contributed by atoms with Crippen LogP contribution >= 0.6 is 0 Å². The van der Waals surface area contributed by atoms with Crippen LogP contribution in [0.1, 0.15) is 23.0 Å². The van der Waals surface area contributed by atoms with Gasteiger partial charge in [0.2, 0.25) is 0 Å². The van der Waals surface area contributed by atoms with E-state index in [-0.39, 0.29) is 11.6 Å². The van der Waals surface area contributed by atoms with Gasteiger partial charge in [-0.3, -0.25) is 9.36 Å². The minimum Gasteiger partial charge on any atom is -0.494 e. The number of hydrogen-bond donors (Lipinski definition) is 2. The molecule has 2 N–H and O–H groups in total. The molecule has 0 saturated carbocycles. The second-order valence-electron chi connectivity index (χ2n) is 5.19. The van der Waals surface area contributed by atoms with Gasteiger partial charge in [-0.1, -0.05) is 0 Å². The molecule has 1 amide bonds. The van der Waals surface area contributed by atoms with E-state index in [1.807, 2.05) is 6.92 Å². The van der Waals surface area contributed by atoms with Crippen LogP contribution < -0.4 is 21.1 Å². The first-order valence-electron chi connectivity index (χ1n) is 7.49. The molecular formula is C16H18N4O3. The van der Waals surface area contributed by atoms with Crippen molar-refractivity contribution < 1.29 is 9.53 Å². The highest BCUT2D eigenvalue weighted by atomic mass is 16.5. The summed E-state index contributed by atoms with van der Waals surface area (Å²) in [5.41, 5.74) is 1.14. The summed E-state index contributed by atoms with van der Waals surface area (Å²) < 4.78 is 6.86. The van der Waals surface area contributed by atoms with Crippen LogP contribution in [0.15, 0.2) is 29.1 Å². The van der Waals surface area contributed by atoms with Gasteiger partial charge in [0.15, 0.2) is 0 Å². The summed E-state index contributed by atoms with van der Waals surface area (Å²) in [6, 6.07) is 7.13. The number of hydrogen-bond acceptors (Lipinski definition) is 5. The van der Waals surface area contributed by atoms with Crippen LogP contribution in [0.4, 0.5) is 11.5 Å². The fraction of sp³-hybridized carbons (Fsp3) is 0.312. The smallest absolute Gasteiger partial charge is 0.349 e. The second-order valence-corrected chi connectivity index (χ2v) is 5.19. The molecule has 0 spiro atoms. The zero-order chi connectivity index (χ0) is 16.4. The average Bonchev–Trinajstić information content (AvgIpc) is 2.99. The number of aryl methyl sites for hydroxylation is 1. The minimum absolute atomic E-state index is 0.294. The van der Waals surface area contributed by atoms with Gasteiger partial charge in [-0.25, -0.2) is 4.79 Å². The molecule has 1 aromatic carbocycles. The van der Waals surface area contributed by atoms with E-state index in [1.54, 1.807) is 31.2 Å². The molecule has 1 aromatic heterocycles. The number of ether oxygens (including phenoxy) is 1. The molecule has 2 aromatic rings. The van der Waals surface area contributed by atoms with Gasteiger partial charge in [0, 0.05) is 18.8 Å². The van der Waals surface area contributed by atoms with Crippen LogP contribution in [-0.4, -0.2) is 28.6 Å². The predicted octanol–water partition coefficient (Wildman–Crippen LogP) is 1.63. The van der Waals surface area contributed by atoms with Crippen molar-refractivity contribution in [2.24, 2.45) is 0 Å². The van der Waals surface area contributed by atoms with E-state index in [0.717, 1.165) is 5.75 Å². The molecule has 3 rings (SSSR count). The normalized spacial score (nSPS) is 12.4. The zero-order valence-electron chi connectivity index (χ0n) is 13.0. The molecule has 7 nitrogen and oxygen atoms in total. The van der Waals surface area contributed by atoms with E-state index in [0.29, 0.717) is 42.5 Å². The highest BCUT2D eigenvalue weighted by Gasteiger charge is 2.23. The Bertz CT molecular complexity index is 796. The first-order valence-corrected chi connectivity index (χ1v) is 7.49. The standard InChI is InChI=1S/C16H18N4O3/c1-3-23-12-6-4-11(5-7-12)19-15(21)13-10(2)18-16(22)20-9-8-17-14(13)20/h4-7,17H,3,8-9H2,1-2H3,(H,19,21). The summed E-state index contributed by atoms with van der Waals surface area (Å²) in [4.78, 5) is 28.3. The van der Waals surface area contributed by atoms with Gasteiger partial charge in [-0.2, -0.15) is 4.98 Å². The van der Waals surface area contributed by atoms with Gasteiger partial charge in [-0.15, -0.1) is 0 Å². The molecule has 0 bridgehead atoms. The third-order valence-corrected chi connectivity index (χ3v) is 3.64. The molecule has 0 unspecified atom stereocenters. The van der Waals surface area contributed by atoms with Crippen LogP contribution in [0.5, 0.6) is 5.75 Å². The number of carbonyl (C=O) groups is 1. The molecule has 1 aliphatic heterocycles. The Hall–Kier alpha value is -2.83. The quantitative estimate of drug-likeness (QED) is 0.896. The Kier molecular flexibility index (Phi) is 4.01. The first kappa shape index (κ1) is 15.1. The number of benzene rings is 1. The third-order valence-electron chi connectivity index (χ3n) is 3.64. The third kappa shape index (κ3) is 2.90. The van der Waals surface area contributed by atoms with Crippen LogP contribution in [0, 0.1) is 6.92 Å². The highest BCUT2D eigenvalue weighted by molar-refractivity contribution is 6.08. The second kappa shape index (κ2) is 6.12. The lowest BCUT2D eigenvalue weighted by Gasteiger charge is -2.12. The maximum Gasteiger partial charge on any atom is 0.349 e. The van der Waals surface area contributed by atoms with Gasteiger partial charge in [0.1, 0.15) is 17.1 Å². The molecule has 7 heteroatoms. The van der Waals surface area contributed by atoms with E-state index < -0.39 is 0 Å². The average molecular weight is 314 g/mol. The van der Waals surface area contributed by atoms with Gasteiger partial charge < -0.3 is 15.4 Å². The number of nitrogens with one attached hydrogen (secondary N) is 2. The summed E-state index contributed by atoms with van der Waals surface area (Å²) in [7, 11) is 0. The predicted molar refractivity (Wildman–Crippen MR) is 87.3 cm³/mol. The molecule has 23 heavy (non-hydrogen) atoms. The van der Waals surface area contributed by atoms with E-state index in [4.69, 9.17) is 4.74 Å². The topological polar surface area (TPSA) is 85.2 Å². The van der Waals surface area contributed by atoms with Crippen molar-refractivity contribution in [2.45, 2.75) is 20.4 Å². The van der Waals surface area contributed by atoms with Crippen LogP contribution in [0.2, 0.25) is 0 Å². The van der Waals surface area contributed by atoms with E-state index in [1.165, 1.54) is 4.57 Å². The summed E-state index contributed by atoms with van der Waals surface area (Å²) >= 11 is 0. The molecule has 0 atom stereocenters. The fourth-order valence-corrected chi connectivity index (χ4v) is 2.61. The molecule has 120 valence electrons. The molecule has 0 aliphatic carbocycles. The number of anilines is 2. The van der Waals surface area contributed by atoms with Crippen molar-refractivity contribution in [3.8, 4) is 5.75 Å². The van der Waals surface area contributed by atoms with Crippen LogP contribution in [-0.2, 0) is 6.54 Å². The maximum atomic E-state index is 12.6. The summed E-state index contributed by atoms with van der Waals surface area (Å²) in [5.74, 6) is 0.986. The molecule has 0 saturated heterocycles. The van der Waals surface area contributed by atoms with Gasteiger partial charge in [0.05, 0.1) is 12.3 Å². The number of rotatable bonds is 4. The Balaban J connectivity index is 1.87. The van der Waals surface area contributed by atoms with E-state index >= 15 is 0 Å². The number of amides is 1. The van der Waals surface area contributed by atoms with Crippen molar-refractivity contribution in [3.05, 3.63) is 46.0 Å². The number of aromatic nitrogens is 2. The van der Waals surface area contributed by atoms with Gasteiger partial charge in [-0.05, 0) is 38.1 Å². The Labute approximate surface area is 133 Å². The Morgan fingerprint density at radius 1 is 1.39 bits per heavy atom. The summed E-state index contributed by atoms with van der Waals surface area (Å²) in [6.07, 6.45) is 0. The maximum absolute atomic E-state index is 12.6. The number of fused-ring (bicyclic) bond motifs is 1. The van der Waals surface area contributed by atoms with Crippen molar-refractivity contribution >= 4 is 17.4 Å². The highest BCUT2D eigenvalue weighted by Crippen LogP contribution is 2.22. The van der Waals surface area contributed by atoms with Crippen molar-refractivity contribution in [3.63, 3.8) is 0 Å². The van der Waals surface area contributed by atoms with E-state index in [9.17, 15) is 9.59 Å². The van der Waals surface area contributed by atoms with Crippen molar-refractivity contribution in [1.82, 2.24) is 9.55 Å². The zero-order valence-corrected chi connectivity index (χ0v) is 13.0. The summed E-state index contributed by atoms with van der Waals surface area (Å²) in [6.45, 7) is 5.30. The van der Waals surface area contributed by atoms with E-state index in [2.05, 4.69) is 15.6 Å². The van der Waals surface area contributed by atoms with Crippen LogP contribution in [0.3, 0.4) is 0 Å². The lowest BCUT2D eigenvalue weighted by molar-refractivity contribution is 0.102. The number of carbonyl (C=O) groups excluding carboxylic acids is 1. The first-order chi connectivity index (χ1) is 11.1. The lowest BCUT2D eigenvalue weighted by Crippen LogP contribution is -2.26. The largest absolute Gasteiger partial charge is 0.494 e. The Morgan fingerprint density at radius 3 is 2.83 bits per heavy atom. The van der Waals surface area contributed by atoms with Gasteiger partial charge in [0.25, 0.3) is 5.91 Å². The van der Waals surface area contributed by atoms with Crippen molar-refractivity contribution in [2.75, 3.05) is 23.8 Å². The number of nitrogens with zero attached hydrogens (tertiary/aromatic N) is 2. The van der Waals surface area contributed by atoms with Gasteiger partial charge >= 0.3 is 5.69 Å². The molecular weight excluding hydrogens is 296 g/mol. The lowest BCUT2D eigenvalue weighted by atomic mass is 10.2. The molecule has 1 aliphatic rings. The monoisotopic (exact) mass is 314 g/mol. The Morgan fingerprint density at radius 2 is 2.13 bits per heavy atom. The van der Waals surface area contributed by atoms with Crippen molar-refractivity contribution in [1.29, 1.82) is 0 Å². The molecule has 2 heterocycles. The van der Waals surface area contributed by atoms with Crippen LogP contribution in [0.25, 0.3) is 0 Å². The molecule has 0 fully saturated rings. The summed E-state index contributed by atoms with van der Waals surface area (Å²) in [5, 5.41) is 5.91.